The van der Waals surface area contributed by atoms with E-state index >= 15 is 0 Å². The van der Waals surface area contributed by atoms with Gasteiger partial charge in [0.1, 0.15) is 0 Å². The molecule has 0 radical (unpaired) electrons. The molecular formula is C25H35N7S. The van der Waals surface area contributed by atoms with Crippen LogP contribution in [0.4, 0.5) is 0 Å². The first-order valence-corrected chi connectivity index (χ1v) is 12.6. The highest BCUT2D eigenvalue weighted by atomic mass is 32.2. The van der Waals surface area contributed by atoms with Gasteiger partial charge in [0.2, 0.25) is 0 Å². The van der Waals surface area contributed by atoms with Gasteiger partial charge in [0.25, 0.3) is 0 Å². The Kier molecular flexibility index (Phi) is 9.80. The predicted molar refractivity (Wildman–Crippen MR) is 143 cm³/mol. The highest BCUT2D eigenvalue weighted by molar-refractivity contribution is 8.14. The van der Waals surface area contributed by atoms with Crippen LogP contribution in [0.1, 0.15) is 32.3 Å². The van der Waals surface area contributed by atoms with E-state index in [-0.39, 0.29) is 0 Å². The van der Waals surface area contributed by atoms with Crippen molar-refractivity contribution in [2.75, 3.05) is 25.4 Å². The lowest BCUT2D eigenvalue weighted by Gasteiger charge is -2.23. The van der Waals surface area contributed by atoms with Crippen LogP contribution in [-0.4, -0.2) is 47.7 Å². The van der Waals surface area contributed by atoms with E-state index in [4.69, 9.17) is 11.1 Å². The zero-order valence-electron chi connectivity index (χ0n) is 19.5. The summed E-state index contributed by atoms with van der Waals surface area (Å²) in [6.45, 7) is 6.79. The molecule has 8 heteroatoms. The minimum absolute atomic E-state index is 0.373. The van der Waals surface area contributed by atoms with Gasteiger partial charge in [-0.05, 0) is 53.9 Å². The smallest absolute Gasteiger partial charge is 0.161 e. The summed E-state index contributed by atoms with van der Waals surface area (Å²) in [6.07, 6.45) is 7.77. The number of hydrogen-bond acceptors (Lipinski definition) is 7. The third-order valence-electron chi connectivity index (χ3n) is 5.42. The topological polar surface area (TPSA) is 102 Å². The van der Waals surface area contributed by atoms with Crippen LogP contribution < -0.4 is 22.0 Å². The van der Waals surface area contributed by atoms with Crippen LogP contribution in [0.25, 0.3) is 16.8 Å². The van der Waals surface area contributed by atoms with Crippen LogP contribution in [0.15, 0.2) is 65.0 Å². The second-order valence-corrected chi connectivity index (χ2v) is 8.72. The van der Waals surface area contributed by atoms with Crippen LogP contribution in [0.5, 0.6) is 0 Å². The molecule has 2 aliphatic rings. The monoisotopic (exact) mass is 465 g/mol. The molecule has 1 unspecified atom stereocenters. The molecule has 2 fully saturated rings. The number of nitrogens with zero attached hydrogens (tertiary/aromatic N) is 2. The molecule has 1 atom stereocenters. The fourth-order valence-corrected chi connectivity index (χ4v) is 4.57. The van der Waals surface area contributed by atoms with Crippen LogP contribution in [0, 0.1) is 5.41 Å². The Morgan fingerprint density at radius 2 is 2.06 bits per heavy atom. The minimum atomic E-state index is 0.373. The molecule has 2 heterocycles. The summed E-state index contributed by atoms with van der Waals surface area (Å²) >= 11 is 1.54. The molecule has 0 saturated carbocycles. The van der Waals surface area contributed by atoms with Crippen molar-refractivity contribution in [3.05, 3.63) is 65.5 Å². The highest BCUT2D eigenvalue weighted by Gasteiger charge is 2.22. The van der Waals surface area contributed by atoms with Gasteiger partial charge in [-0.2, -0.15) is 5.10 Å². The number of piperidine rings is 1. The Labute approximate surface area is 201 Å². The highest BCUT2D eigenvalue weighted by Crippen LogP contribution is 2.26. The summed E-state index contributed by atoms with van der Waals surface area (Å²) in [5, 5.41) is 18.7. The van der Waals surface area contributed by atoms with Crippen molar-refractivity contribution in [3.63, 3.8) is 0 Å². The second kappa shape index (κ2) is 13.0. The van der Waals surface area contributed by atoms with E-state index < -0.39 is 0 Å². The lowest BCUT2D eigenvalue weighted by molar-refractivity contribution is 0.354. The van der Waals surface area contributed by atoms with Gasteiger partial charge < -0.3 is 16.0 Å². The largest absolute Gasteiger partial charge is 0.397 e. The van der Waals surface area contributed by atoms with E-state index in [0.717, 1.165) is 43.1 Å². The van der Waals surface area contributed by atoms with Gasteiger partial charge in [-0.3, -0.25) is 5.41 Å². The lowest BCUT2D eigenvalue weighted by Crippen LogP contribution is -2.47. The molecule has 0 aromatic heterocycles. The van der Waals surface area contributed by atoms with Crippen molar-refractivity contribution < 1.29 is 0 Å². The fourth-order valence-electron chi connectivity index (χ4n) is 3.76. The maximum Gasteiger partial charge on any atom is 0.161 e. The summed E-state index contributed by atoms with van der Waals surface area (Å²) in [4.78, 5) is 1.96. The average molecular weight is 466 g/mol. The number of hydrazone groups is 1. The van der Waals surface area contributed by atoms with Gasteiger partial charge >= 0.3 is 0 Å². The fraction of sp³-hybridized carbons (Fsp3) is 0.360. The number of allylic oxidation sites excluding steroid dienone is 1. The maximum absolute atomic E-state index is 8.29. The first kappa shape index (κ1) is 24.8. The molecule has 0 amide bonds. The molecule has 4 rings (SSSR count). The Hall–Kier alpha value is -2.81. The van der Waals surface area contributed by atoms with Crippen molar-refractivity contribution in [3.8, 4) is 0 Å². The quantitative estimate of drug-likeness (QED) is 0.242. The Balaban J connectivity index is 0.00000149. The maximum atomic E-state index is 8.29. The number of fused-ring (bicyclic) bond motifs is 1. The number of rotatable bonds is 7. The molecule has 176 valence electrons. The molecule has 2 aromatic carbocycles. The van der Waals surface area contributed by atoms with Gasteiger partial charge in [0.05, 0.1) is 17.6 Å². The number of thioether (sulfide) groups is 1. The minimum Gasteiger partial charge on any atom is -0.397 e. The zero-order chi connectivity index (χ0) is 23.5. The first-order chi connectivity index (χ1) is 16.2. The van der Waals surface area contributed by atoms with Crippen LogP contribution in [0.2, 0.25) is 0 Å². The van der Waals surface area contributed by atoms with E-state index in [2.05, 4.69) is 51.7 Å². The molecule has 2 aliphatic heterocycles. The van der Waals surface area contributed by atoms with Crippen molar-refractivity contribution in [2.24, 2.45) is 10.8 Å². The van der Waals surface area contributed by atoms with Crippen LogP contribution >= 0.6 is 11.8 Å². The molecule has 33 heavy (non-hydrogen) atoms. The lowest BCUT2D eigenvalue weighted by atomic mass is 10.1. The number of nitrogens with two attached hydrogens (primary N) is 1. The summed E-state index contributed by atoms with van der Waals surface area (Å²) in [5.74, 6) is 0.885. The summed E-state index contributed by atoms with van der Waals surface area (Å²) < 4.78 is 0. The first-order valence-electron chi connectivity index (χ1n) is 11.6. The van der Waals surface area contributed by atoms with Gasteiger partial charge in [-0.25, -0.2) is 11.0 Å². The molecule has 6 N–H and O–H groups in total. The second-order valence-electron chi connectivity index (χ2n) is 7.64. The van der Waals surface area contributed by atoms with Gasteiger partial charge in [0.15, 0.2) is 5.17 Å². The zero-order valence-corrected chi connectivity index (χ0v) is 20.3. The third kappa shape index (κ3) is 7.08. The van der Waals surface area contributed by atoms with Gasteiger partial charge in [-0.1, -0.05) is 62.0 Å². The summed E-state index contributed by atoms with van der Waals surface area (Å²) in [5.41, 5.74) is 15.0. The number of hydrazine groups is 1. The van der Waals surface area contributed by atoms with E-state index in [0.29, 0.717) is 16.9 Å². The number of nitrogens with one attached hydrogen (secondary N) is 4. The van der Waals surface area contributed by atoms with Crippen LogP contribution in [0.3, 0.4) is 0 Å². The van der Waals surface area contributed by atoms with E-state index in [1.807, 2.05) is 37.0 Å². The van der Waals surface area contributed by atoms with E-state index in [9.17, 15) is 0 Å². The van der Waals surface area contributed by atoms with Crippen molar-refractivity contribution >= 4 is 40.0 Å². The van der Waals surface area contributed by atoms with E-state index in [1.54, 1.807) is 12.3 Å². The standard InChI is InChI=1S/C23H29N7S.C2H6/c24-21(9-11-27-29-28-20-6-3-10-26-16-20)22(30-12-13-31-23(30)25)15-17-7-8-18-4-1-2-5-19(18)14-17;1-2/h1-2,4-5,7-9,11,14-15,20,25-26,28-29H,3,6,10,12-13,16,24H2;1-2H3/b21-9-,22-15+,25-23?,27-11-;. The number of hydrogen-bond donors (Lipinski definition) is 5. The molecule has 7 nitrogen and oxygen atoms in total. The van der Waals surface area contributed by atoms with Gasteiger partial charge in [-0.15, -0.1) is 0 Å². The molecule has 2 aromatic rings. The van der Waals surface area contributed by atoms with Crippen LogP contribution in [-0.2, 0) is 0 Å². The van der Waals surface area contributed by atoms with Crippen molar-refractivity contribution in [2.45, 2.75) is 32.7 Å². The Morgan fingerprint density at radius 3 is 2.79 bits per heavy atom. The molecular weight excluding hydrogens is 430 g/mol. The average Bonchev–Trinajstić information content (AvgIpc) is 3.29. The van der Waals surface area contributed by atoms with Gasteiger partial charge in [0, 0.05) is 24.9 Å². The third-order valence-corrected chi connectivity index (χ3v) is 6.30. The SMILES string of the molecule is CC.N=C1SCCN1C(=C/c1ccc2ccccc2c1)/C(N)=C/C=N\NNC1CCCNC1. The van der Waals surface area contributed by atoms with E-state index in [1.165, 1.54) is 29.0 Å². The molecule has 0 aliphatic carbocycles. The van der Waals surface area contributed by atoms with Crippen molar-refractivity contribution in [1.29, 1.82) is 5.41 Å². The van der Waals surface area contributed by atoms with Crippen molar-refractivity contribution in [1.82, 2.24) is 21.2 Å². The Morgan fingerprint density at radius 1 is 1.24 bits per heavy atom. The summed E-state index contributed by atoms with van der Waals surface area (Å²) in [6, 6.07) is 15.0. The normalized spacial score (nSPS) is 19.6. The predicted octanol–water partition coefficient (Wildman–Crippen LogP) is 3.87. The molecule has 0 bridgehead atoms. The number of amidine groups is 1. The number of benzene rings is 2. The molecule has 2 saturated heterocycles. The summed E-state index contributed by atoms with van der Waals surface area (Å²) in [7, 11) is 0. The molecule has 0 spiro atoms. The Bertz CT molecular complexity index is 1010.